The number of methoxy groups -OCH3 is 1. The number of rotatable bonds is 6. The molecule has 0 saturated heterocycles. The van der Waals surface area contributed by atoms with Crippen LogP contribution < -0.4 is 10.5 Å². The van der Waals surface area contributed by atoms with Gasteiger partial charge in [0.25, 0.3) is 0 Å². The molecular weight excluding hydrogens is 342 g/mol. The largest absolute Gasteiger partial charge is 0.464 e. The van der Waals surface area contributed by atoms with Crippen molar-refractivity contribution in [2.24, 2.45) is 0 Å². The number of fused-ring (bicyclic) bond motifs is 1. The number of amides is 1. The van der Waals surface area contributed by atoms with Crippen LogP contribution in [0, 0.1) is 0 Å². The van der Waals surface area contributed by atoms with Crippen LogP contribution in [0.15, 0.2) is 54.8 Å². The molecule has 0 aliphatic heterocycles. The molecule has 26 heavy (non-hydrogen) atoms. The summed E-state index contributed by atoms with van der Waals surface area (Å²) >= 11 is 0. The van der Waals surface area contributed by atoms with Crippen molar-refractivity contribution < 1.29 is 14.3 Å². The number of ether oxygens (including phenoxy) is 1. The predicted octanol–water partition coefficient (Wildman–Crippen LogP) is 3.59. The Hall–Kier alpha value is -2.66. The molecule has 0 bridgehead atoms. The van der Waals surface area contributed by atoms with Crippen molar-refractivity contribution in [3.05, 3.63) is 60.3 Å². The number of carbonyl (C=O) groups excluding carboxylic acids is 2. The lowest BCUT2D eigenvalue weighted by molar-refractivity contribution is -0.137. The minimum atomic E-state index is -1.70. The van der Waals surface area contributed by atoms with E-state index in [9.17, 15) is 9.59 Å². The minimum absolute atomic E-state index is 0.130. The standard InChI is InChI=1S/C21H25NO3Si/c1-6-11-26(4,5)18-12-16-9-7-8-10-19(16)17(13-18)14-20(21(24)25-3)22-15(2)23/h6-10,12-14H,1,11H2,2-5H3,(H,22,23). The third-order valence-corrected chi connectivity index (χ3v) is 7.51. The van der Waals surface area contributed by atoms with Crippen LogP contribution in [-0.4, -0.2) is 27.1 Å². The molecule has 2 aromatic carbocycles. The molecule has 0 aromatic heterocycles. The Morgan fingerprint density at radius 3 is 2.54 bits per heavy atom. The molecule has 1 amide bonds. The summed E-state index contributed by atoms with van der Waals surface area (Å²) < 4.78 is 4.81. The lowest BCUT2D eigenvalue weighted by Crippen LogP contribution is -2.40. The lowest BCUT2D eigenvalue weighted by atomic mass is 10.0. The van der Waals surface area contributed by atoms with Gasteiger partial charge in [0, 0.05) is 6.92 Å². The third-order valence-electron chi connectivity index (χ3n) is 4.35. The molecule has 0 unspecified atom stereocenters. The Morgan fingerprint density at radius 1 is 1.23 bits per heavy atom. The van der Waals surface area contributed by atoms with E-state index in [0.29, 0.717) is 0 Å². The molecule has 0 radical (unpaired) electrons. The van der Waals surface area contributed by atoms with E-state index in [1.807, 2.05) is 24.3 Å². The maximum absolute atomic E-state index is 12.1. The summed E-state index contributed by atoms with van der Waals surface area (Å²) in [6.07, 6.45) is 3.66. The molecule has 5 heteroatoms. The molecule has 2 rings (SSSR count). The van der Waals surface area contributed by atoms with Crippen molar-refractivity contribution in [3.63, 3.8) is 0 Å². The Kier molecular flexibility index (Phi) is 6.16. The van der Waals surface area contributed by atoms with Crippen LogP contribution in [0.5, 0.6) is 0 Å². The summed E-state index contributed by atoms with van der Waals surface area (Å²) in [5.74, 6) is -0.888. The van der Waals surface area contributed by atoms with E-state index in [0.717, 1.165) is 22.4 Å². The number of esters is 1. The van der Waals surface area contributed by atoms with Crippen LogP contribution in [0.2, 0.25) is 19.1 Å². The summed E-state index contributed by atoms with van der Waals surface area (Å²) in [6, 6.07) is 13.3. The summed E-state index contributed by atoms with van der Waals surface area (Å²) in [5.41, 5.74) is 1.02. The zero-order valence-corrected chi connectivity index (χ0v) is 16.8. The van der Waals surface area contributed by atoms with Crippen molar-refractivity contribution >= 4 is 42.0 Å². The monoisotopic (exact) mass is 367 g/mol. The number of hydrogen-bond donors (Lipinski definition) is 1. The minimum Gasteiger partial charge on any atom is -0.464 e. The summed E-state index contributed by atoms with van der Waals surface area (Å²) in [5, 5.41) is 5.97. The van der Waals surface area contributed by atoms with Crippen molar-refractivity contribution in [1.29, 1.82) is 0 Å². The zero-order valence-electron chi connectivity index (χ0n) is 15.8. The van der Waals surface area contributed by atoms with Gasteiger partial charge < -0.3 is 10.1 Å². The highest BCUT2D eigenvalue weighted by atomic mass is 28.3. The molecule has 0 heterocycles. The summed E-state index contributed by atoms with van der Waals surface area (Å²) in [7, 11) is -0.399. The first-order chi connectivity index (χ1) is 12.3. The Labute approximate surface area is 155 Å². The first-order valence-corrected chi connectivity index (χ1v) is 11.7. The summed E-state index contributed by atoms with van der Waals surface area (Å²) in [4.78, 5) is 23.5. The van der Waals surface area contributed by atoms with E-state index < -0.39 is 14.0 Å². The molecule has 0 aliphatic rings. The second-order valence-corrected chi connectivity index (χ2v) is 11.6. The number of allylic oxidation sites excluding steroid dienone is 1. The molecule has 0 saturated carbocycles. The fourth-order valence-electron chi connectivity index (χ4n) is 2.93. The van der Waals surface area contributed by atoms with Gasteiger partial charge in [0.15, 0.2) is 0 Å². The van der Waals surface area contributed by atoms with Gasteiger partial charge in [0.1, 0.15) is 5.70 Å². The Bertz CT molecular complexity index is 884. The molecule has 0 spiro atoms. The van der Waals surface area contributed by atoms with Crippen LogP contribution in [0.4, 0.5) is 0 Å². The number of benzene rings is 2. The number of hydrogen-bond acceptors (Lipinski definition) is 3. The predicted molar refractivity (Wildman–Crippen MR) is 110 cm³/mol. The van der Waals surface area contributed by atoms with Crippen LogP contribution >= 0.6 is 0 Å². The van der Waals surface area contributed by atoms with Crippen molar-refractivity contribution in [1.82, 2.24) is 5.32 Å². The third kappa shape index (κ3) is 4.49. The summed E-state index contributed by atoms with van der Waals surface area (Å²) in [6.45, 7) is 9.84. The van der Waals surface area contributed by atoms with Crippen LogP contribution in [0.1, 0.15) is 12.5 Å². The van der Waals surface area contributed by atoms with Crippen LogP contribution in [-0.2, 0) is 14.3 Å². The maximum Gasteiger partial charge on any atom is 0.354 e. The van der Waals surface area contributed by atoms with Crippen molar-refractivity contribution in [3.8, 4) is 0 Å². The highest BCUT2D eigenvalue weighted by Gasteiger charge is 2.23. The molecule has 0 aliphatic carbocycles. The van der Waals surface area contributed by atoms with Gasteiger partial charge in [-0.25, -0.2) is 4.79 Å². The topological polar surface area (TPSA) is 55.4 Å². The first kappa shape index (κ1) is 19.7. The Morgan fingerprint density at radius 2 is 1.92 bits per heavy atom. The fourth-order valence-corrected chi connectivity index (χ4v) is 4.98. The SMILES string of the molecule is C=CC[Si](C)(C)c1cc(C=C(NC(C)=O)C(=O)OC)c2ccccc2c1. The lowest BCUT2D eigenvalue weighted by Gasteiger charge is -2.23. The van der Waals surface area contributed by atoms with E-state index in [2.05, 4.69) is 43.2 Å². The highest BCUT2D eigenvalue weighted by molar-refractivity contribution is 6.90. The van der Waals surface area contributed by atoms with Crippen LogP contribution in [0.25, 0.3) is 16.8 Å². The van der Waals surface area contributed by atoms with Gasteiger partial charge in [-0.3, -0.25) is 4.79 Å². The average molecular weight is 368 g/mol. The van der Waals surface area contributed by atoms with E-state index in [1.54, 1.807) is 6.08 Å². The van der Waals surface area contributed by atoms with Gasteiger partial charge in [-0.15, -0.1) is 6.58 Å². The molecule has 136 valence electrons. The van der Waals surface area contributed by atoms with Gasteiger partial charge in [-0.05, 0) is 28.5 Å². The van der Waals surface area contributed by atoms with Gasteiger partial charge in [0.2, 0.25) is 5.91 Å². The molecule has 4 nitrogen and oxygen atoms in total. The second kappa shape index (κ2) is 8.14. The quantitative estimate of drug-likeness (QED) is 0.367. The van der Waals surface area contributed by atoms with E-state index in [4.69, 9.17) is 4.74 Å². The number of carbonyl (C=O) groups is 2. The van der Waals surface area contributed by atoms with Gasteiger partial charge in [-0.2, -0.15) is 0 Å². The fraction of sp³-hybridized carbons (Fsp3) is 0.238. The molecule has 2 aromatic rings. The van der Waals surface area contributed by atoms with E-state index in [1.165, 1.54) is 19.2 Å². The van der Waals surface area contributed by atoms with Crippen molar-refractivity contribution in [2.75, 3.05) is 7.11 Å². The molecular formula is C21H25NO3Si. The molecule has 1 N–H and O–H groups in total. The first-order valence-electron chi connectivity index (χ1n) is 8.50. The second-order valence-electron chi connectivity index (χ2n) is 6.89. The normalized spacial score (nSPS) is 11.9. The molecule has 0 atom stereocenters. The molecule has 0 fully saturated rings. The Balaban J connectivity index is 2.70. The average Bonchev–Trinajstić information content (AvgIpc) is 2.59. The van der Waals surface area contributed by atoms with Gasteiger partial charge in [-0.1, -0.05) is 60.8 Å². The maximum atomic E-state index is 12.1. The van der Waals surface area contributed by atoms with Crippen LogP contribution in [0.3, 0.4) is 0 Å². The van der Waals surface area contributed by atoms with E-state index in [-0.39, 0.29) is 11.6 Å². The number of nitrogens with one attached hydrogen (secondary N) is 1. The highest BCUT2D eigenvalue weighted by Crippen LogP contribution is 2.23. The van der Waals surface area contributed by atoms with Crippen molar-refractivity contribution in [2.45, 2.75) is 26.1 Å². The smallest absolute Gasteiger partial charge is 0.354 e. The van der Waals surface area contributed by atoms with E-state index >= 15 is 0 Å². The van der Waals surface area contributed by atoms with Gasteiger partial charge >= 0.3 is 5.97 Å². The van der Waals surface area contributed by atoms with Gasteiger partial charge in [0.05, 0.1) is 15.2 Å². The zero-order chi connectivity index (χ0) is 19.3.